The van der Waals surface area contributed by atoms with Crippen LogP contribution >= 0.6 is 0 Å². The lowest BCUT2D eigenvalue weighted by molar-refractivity contribution is -0.137. The molecule has 1 fully saturated rings. The lowest BCUT2D eigenvalue weighted by Crippen LogP contribution is -2.34. The fourth-order valence-electron chi connectivity index (χ4n) is 2.99. The summed E-state index contributed by atoms with van der Waals surface area (Å²) < 4.78 is 45.9. The van der Waals surface area contributed by atoms with Crippen LogP contribution in [0.5, 0.6) is 0 Å². The third-order valence-corrected chi connectivity index (χ3v) is 4.60. The second kappa shape index (κ2) is 7.73. The monoisotopic (exact) mass is 421 g/mol. The Hall–Kier alpha value is -3.50. The molecule has 2 N–H and O–H groups in total. The molecule has 3 aromatic rings. The smallest absolute Gasteiger partial charge is 0.416 e. The van der Waals surface area contributed by atoms with Crippen LogP contribution in [0.2, 0.25) is 0 Å². The van der Waals surface area contributed by atoms with Gasteiger partial charge in [0.2, 0.25) is 5.82 Å². The van der Waals surface area contributed by atoms with Gasteiger partial charge in [0.25, 0.3) is 0 Å². The number of alkyl halides is 3. The van der Waals surface area contributed by atoms with Gasteiger partial charge in [0.1, 0.15) is 0 Å². The van der Waals surface area contributed by atoms with Gasteiger partial charge in [-0.3, -0.25) is 4.57 Å². The van der Waals surface area contributed by atoms with E-state index in [1.54, 1.807) is 16.7 Å². The SMILES string of the molecule is O=C(NCCn1nc(-c2ccco2)n(C2CC2)c1=O)Nc1ccc(C(F)(F)F)cc1. The number of amides is 2. The highest BCUT2D eigenvalue weighted by Crippen LogP contribution is 2.36. The van der Waals surface area contributed by atoms with Crippen molar-refractivity contribution in [2.24, 2.45) is 0 Å². The molecule has 0 atom stereocenters. The van der Waals surface area contributed by atoms with Gasteiger partial charge >= 0.3 is 17.9 Å². The van der Waals surface area contributed by atoms with Crippen molar-refractivity contribution in [3.05, 3.63) is 58.7 Å². The van der Waals surface area contributed by atoms with Crippen LogP contribution in [-0.2, 0) is 12.7 Å². The summed E-state index contributed by atoms with van der Waals surface area (Å²) in [6, 6.07) is 7.04. The molecule has 4 rings (SSSR count). The molecule has 1 saturated carbocycles. The Kier molecular flexibility index (Phi) is 5.10. The van der Waals surface area contributed by atoms with Crippen molar-refractivity contribution in [3.8, 4) is 11.6 Å². The quantitative estimate of drug-likeness (QED) is 0.637. The number of rotatable bonds is 6. The third-order valence-electron chi connectivity index (χ3n) is 4.60. The van der Waals surface area contributed by atoms with E-state index >= 15 is 0 Å². The van der Waals surface area contributed by atoms with Crippen LogP contribution in [0.3, 0.4) is 0 Å². The molecule has 0 aliphatic heterocycles. The van der Waals surface area contributed by atoms with Crippen LogP contribution in [0, 0.1) is 0 Å². The molecular weight excluding hydrogens is 403 g/mol. The third kappa shape index (κ3) is 4.24. The topological polar surface area (TPSA) is 94.1 Å². The minimum absolute atomic E-state index is 0.0993. The molecule has 0 spiro atoms. The van der Waals surface area contributed by atoms with Crippen molar-refractivity contribution in [1.82, 2.24) is 19.7 Å². The normalized spacial score (nSPS) is 14.0. The molecule has 0 bridgehead atoms. The Labute approximate surface area is 168 Å². The number of furan rings is 1. The molecule has 2 amide bonds. The van der Waals surface area contributed by atoms with E-state index in [4.69, 9.17) is 4.42 Å². The van der Waals surface area contributed by atoms with E-state index in [1.807, 2.05) is 0 Å². The van der Waals surface area contributed by atoms with Crippen molar-refractivity contribution in [2.45, 2.75) is 31.6 Å². The molecule has 2 heterocycles. The van der Waals surface area contributed by atoms with Crippen LogP contribution in [0.15, 0.2) is 51.9 Å². The molecule has 1 aliphatic carbocycles. The van der Waals surface area contributed by atoms with Gasteiger partial charge in [-0.25, -0.2) is 14.3 Å². The van der Waals surface area contributed by atoms with E-state index < -0.39 is 17.8 Å². The van der Waals surface area contributed by atoms with Gasteiger partial charge < -0.3 is 15.1 Å². The fourth-order valence-corrected chi connectivity index (χ4v) is 2.99. The molecule has 8 nitrogen and oxygen atoms in total. The summed E-state index contributed by atoms with van der Waals surface area (Å²) in [4.78, 5) is 24.6. The zero-order valence-electron chi connectivity index (χ0n) is 15.6. The summed E-state index contributed by atoms with van der Waals surface area (Å²) in [6.07, 6.45) is -1.14. The first kappa shape index (κ1) is 19.8. The predicted molar refractivity (Wildman–Crippen MR) is 101 cm³/mol. The molecule has 2 aromatic heterocycles. The number of aromatic nitrogens is 3. The van der Waals surface area contributed by atoms with Crippen molar-refractivity contribution in [1.29, 1.82) is 0 Å². The first-order valence-electron chi connectivity index (χ1n) is 9.28. The van der Waals surface area contributed by atoms with Crippen LogP contribution < -0.4 is 16.3 Å². The summed E-state index contributed by atoms with van der Waals surface area (Å²) in [5, 5.41) is 9.32. The molecule has 158 valence electrons. The number of nitrogens with one attached hydrogen (secondary N) is 2. The van der Waals surface area contributed by atoms with Crippen LogP contribution in [-0.4, -0.2) is 26.9 Å². The molecular formula is C19H18F3N5O3. The van der Waals surface area contributed by atoms with Crippen LogP contribution in [0.1, 0.15) is 24.4 Å². The summed E-state index contributed by atoms with van der Waals surface area (Å²) >= 11 is 0. The number of benzene rings is 1. The number of hydrogen-bond donors (Lipinski definition) is 2. The minimum atomic E-state index is -4.44. The molecule has 11 heteroatoms. The zero-order chi connectivity index (χ0) is 21.3. The fraction of sp³-hybridized carbons (Fsp3) is 0.316. The van der Waals surface area contributed by atoms with E-state index in [0.29, 0.717) is 11.6 Å². The average Bonchev–Trinajstić information content (AvgIpc) is 3.26. The predicted octanol–water partition coefficient (Wildman–Crippen LogP) is 3.48. The van der Waals surface area contributed by atoms with Gasteiger partial charge in [0.15, 0.2) is 5.76 Å². The number of carbonyl (C=O) groups is 1. The number of anilines is 1. The maximum absolute atomic E-state index is 12.6. The average molecular weight is 421 g/mol. The van der Waals surface area contributed by atoms with Gasteiger partial charge in [-0.2, -0.15) is 13.2 Å². The molecule has 1 aromatic carbocycles. The lowest BCUT2D eigenvalue weighted by Gasteiger charge is -2.09. The number of hydrogen-bond acceptors (Lipinski definition) is 4. The van der Waals surface area contributed by atoms with Crippen molar-refractivity contribution in [3.63, 3.8) is 0 Å². The van der Waals surface area contributed by atoms with Crippen LogP contribution in [0.4, 0.5) is 23.7 Å². The highest BCUT2D eigenvalue weighted by atomic mass is 19.4. The van der Waals surface area contributed by atoms with Crippen molar-refractivity contribution in [2.75, 3.05) is 11.9 Å². The number of carbonyl (C=O) groups excluding carboxylic acids is 1. The maximum atomic E-state index is 12.6. The maximum Gasteiger partial charge on any atom is 0.416 e. The molecule has 0 radical (unpaired) electrons. The van der Waals surface area contributed by atoms with E-state index in [9.17, 15) is 22.8 Å². The Morgan fingerprint density at radius 1 is 1.20 bits per heavy atom. The molecule has 1 aliphatic rings. The van der Waals surface area contributed by atoms with Gasteiger partial charge in [-0.15, -0.1) is 5.10 Å². The van der Waals surface area contributed by atoms with Crippen molar-refractivity contribution < 1.29 is 22.4 Å². The molecule has 30 heavy (non-hydrogen) atoms. The van der Waals surface area contributed by atoms with Gasteiger partial charge in [0, 0.05) is 18.3 Å². The van der Waals surface area contributed by atoms with E-state index in [1.165, 1.54) is 23.1 Å². The number of urea groups is 1. The highest BCUT2D eigenvalue weighted by Gasteiger charge is 2.31. The number of nitrogens with zero attached hydrogens (tertiary/aromatic N) is 3. The Bertz CT molecular complexity index is 1080. The standard InChI is InChI=1S/C19H18F3N5O3/c20-19(21,22)12-3-5-13(6-4-12)24-17(28)23-9-10-26-18(29)27(14-7-8-14)16(25-26)15-2-1-11-30-15/h1-6,11,14H,7-10H2,(H2,23,24,28). The molecule has 0 unspecified atom stereocenters. The number of halogens is 3. The van der Waals surface area contributed by atoms with Gasteiger partial charge in [-0.05, 0) is 49.2 Å². The molecule has 0 saturated heterocycles. The minimum Gasteiger partial charge on any atom is -0.461 e. The van der Waals surface area contributed by atoms with Crippen LogP contribution in [0.25, 0.3) is 11.6 Å². The Morgan fingerprint density at radius 3 is 2.53 bits per heavy atom. The zero-order valence-corrected chi connectivity index (χ0v) is 15.6. The van der Waals surface area contributed by atoms with Crippen molar-refractivity contribution >= 4 is 11.7 Å². The summed E-state index contributed by atoms with van der Waals surface area (Å²) in [5.74, 6) is 0.937. The second-order valence-corrected chi connectivity index (χ2v) is 6.86. The summed E-state index contributed by atoms with van der Waals surface area (Å²) in [5.41, 5.74) is -0.865. The first-order valence-corrected chi connectivity index (χ1v) is 9.28. The van der Waals surface area contributed by atoms with Gasteiger partial charge in [0.05, 0.1) is 18.4 Å². The first-order chi connectivity index (χ1) is 14.3. The van der Waals surface area contributed by atoms with E-state index in [0.717, 1.165) is 25.0 Å². The lowest BCUT2D eigenvalue weighted by atomic mass is 10.2. The highest BCUT2D eigenvalue weighted by molar-refractivity contribution is 5.89. The Morgan fingerprint density at radius 2 is 1.93 bits per heavy atom. The van der Waals surface area contributed by atoms with E-state index in [-0.39, 0.29) is 30.5 Å². The summed E-state index contributed by atoms with van der Waals surface area (Å²) in [6.45, 7) is 0.234. The largest absolute Gasteiger partial charge is 0.461 e. The van der Waals surface area contributed by atoms with E-state index in [2.05, 4.69) is 15.7 Å². The van der Waals surface area contributed by atoms with Gasteiger partial charge in [-0.1, -0.05) is 0 Å². The second-order valence-electron chi connectivity index (χ2n) is 6.86. The summed E-state index contributed by atoms with van der Waals surface area (Å²) in [7, 11) is 0. The Balaban J connectivity index is 1.36.